The molecule has 0 bridgehead atoms. The van der Waals surface area contributed by atoms with E-state index >= 15 is 0 Å². The van der Waals surface area contributed by atoms with E-state index in [0.29, 0.717) is 5.54 Å². The van der Waals surface area contributed by atoms with Gasteiger partial charge in [0.1, 0.15) is 0 Å². The Hall–Kier alpha value is -0.0800. The molecule has 1 saturated heterocycles. The normalized spacial score (nSPS) is 40.2. The third kappa shape index (κ3) is 1.64. The summed E-state index contributed by atoms with van der Waals surface area (Å²) in [6.45, 7) is 7.19. The van der Waals surface area contributed by atoms with Gasteiger partial charge in [-0.2, -0.15) is 0 Å². The van der Waals surface area contributed by atoms with Gasteiger partial charge in [0.15, 0.2) is 0 Å². The molecule has 2 rings (SSSR count). The average Bonchev–Trinajstić information content (AvgIpc) is 2.58. The van der Waals surface area contributed by atoms with E-state index in [1.165, 1.54) is 25.9 Å². The van der Waals surface area contributed by atoms with E-state index in [9.17, 15) is 0 Å². The third-order valence-electron chi connectivity index (χ3n) is 3.33. The van der Waals surface area contributed by atoms with Crippen molar-refractivity contribution >= 4 is 0 Å². The minimum absolute atomic E-state index is 0.504. The molecule has 1 heterocycles. The zero-order valence-electron chi connectivity index (χ0n) is 8.43. The highest BCUT2D eigenvalue weighted by Gasteiger charge is 2.41. The van der Waals surface area contributed by atoms with Crippen molar-refractivity contribution in [3.8, 4) is 0 Å². The molecule has 2 nitrogen and oxygen atoms in total. The van der Waals surface area contributed by atoms with Crippen LogP contribution in [0.3, 0.4) is 0 Å². The summed E-state index contributed by atoms with van der Waals surface area (Å²) < 4.78 is 0. The van der Waals surface area contributed by atoms with Gasteiger partial charge in [-0.15, -0.1) is 0 Å². The zero-order valence-corrected chi connectivity index (χ0v) is 8.43. The van der Waals surface area contributed by atoms with E-state index in [-0.39, 0.29) is 0 Å². The molecule has 2 fully saturated rings. The van der Waals surface area contributed by atoms with Gasteiger partial charge in [0.25, 0.3) is 0 Å². The molecule has 2 heteroatoms. The lowest BCUT2D eigenvalue weighted by atomic mass is 10.1. The second kappa shape index (κ2) is 2.71. The number of nitrogens with one attached hydrogen (secondary N) is 1. The molecule has 2 atom stereocenters. The molecule has 70 valence electrons. The van der Waals surface area contributed by atoms with Gasteiger partial charge < -0.3 is 10.2 Å². The van der Waals surface area contributed by atoms with E-state index in [1.54, 1.807) is 0 Å². The molecule has 2 aliphatic rings. The lowest BCUT2D eigenvalue weighted by Gasteiger charge is -2.21. The third-order valence-corrected chi connectivity index (χ3v) is 3.33. The van der Waals surface area contributed by atoms with Crippen LogP contribution in [0.5, 0.6) is 0 Å². The first-order valence-electron chi connectivity index (χ1n) is 5.05. The maximum Gasteiger partial charge on any atom is 0.0237 e. The monoisotopic (exact) mass is 168 g/mol. The van der Waals surface area contributed by atoms with Crippen LogP contribution >= 0.6 is 0 Å². The van der Waals surface area contributed by atoms with Gasteiger partial charge in [0.2, 0.25) is 0 Å². The summed E-state index contributed by atoms with van der Waals surface area (Å²) in [5.74, 6) is 0.826. The Balaban J connectivity index is 1.87. The van der Waals surface area contributed by atoms with Crippen molar-refractivity contribution in [2.45, 2.75) is 38.3 Å². The van der Waals surface area contributed by atoms with Crippen molar-refractivity contribution in [3.05, 3.63) is 0 Å². The zero-order chi connectivity index (χ0) is 8.77. The highest BCUT2D eigenvalue weighted by molar-refractivity contribution is 5.02. The number of likely N-dealkylation sites (N-methyl/N-ethyl adjacent to an activating group) is 1. The van der Waals surface area contributed by atoms with E-state index < -0.39 is 0 Å². The van der Waals surface area contributed by atoms with Gasteiger partial charge >= 0.3 is 0 Å². The Bertz CT molecular complexity index is 175. The van der Waals surface area contributed by atoms with Crippen LogP contribution in [0.15, 0.2) is 0 Å². The summed E-state index contributed by atoms with van der Waals surface area (Å²) in [5, 5.41) is 3.77. The SMILES string of the molecule is CC1CN(C)CC1NC1(C)CC1. The quantitative estimate of drug-likeness (QED) is 0.663. The summed E-state index contributed by atoms with van der Waals surface area (Å²) in [6.07, 6.45) is 2.75. The minimum atomic E-state index is 0.504. The summed E-state index contributed by atoms with van der Waals surface area (Å²) in [5.41, 5.74) is 0.504. The first-order valence-corrected chi connectivity index (χ1v) is 5.05. The molecular formula is C10H20N2. The van der Waals surface area contributed by atoms with Gasteiger partial charge in [-0.3, -0.25) is 0 Å². The number of likely N-dealkylation sites (tertiary alicyclic amines) is 1. The molecule has 1 aliphatic carbocycles. The molecule has 1 aliphatic heterocycles. The molecule has 0 radical (unpaired) electrons. The maximum atomic E-state index is 3.77. The van der Waals surface area contributed by atoms with Crippen LogP contribution in [0.2, 0.25) is 0 Å². The topological polar surface area (TPSA) is 15.3 Å². The van der Waals surface area contributed by atoms with Gasteiger partial charge in [-0.1, -0.05) is 6.92 Å². The van der Waals surface area contributed by atoms with Crippen LogP contribution in [-0.2, 0) is 0 Å². The molecule has 0 aromatic rings. The Morgan fingerprint density at radius 3 is 2.42 bits per heavy atom. The van der Waals surface area contributed by atoms with E-state index in [2.05, 4.69) is 31.1 Å². The van der Waals surface area contributed by atoms with E-state index in [1.807, 2.05) is 0 Å². The highest BCUT2D eigenvalue weighted by Crippen LogP contribution is 2.36. The Kier molecular flexibility index (Phi) is 1.92. The molecular weight excluding hydrogens is 148 g/mol. The fraction of sp³-hybridized carbons (Fsp3) is 1.00. The number of hydrogen-bond donors (Lipinski definition) is 1. The summed E-state index contributed by atoms with van der Waals surface area (Å²) in [4.78, 5) is 2.42. The first kappa shape index (κ1) is 8.52. The molecule has 1 N–H and O–H groups in total. The molecule has 0 spiro atoms. The van der Waals surface area contributed by atoms with Crippen molar-refractivity contribution in [1.29, 1.82) is 0 Å². The Morgan fingerprint density at radius 1 is 1.33 bits per heavy atom. The second-order valence-corrected chi connectivity index (χ2v) is 5.01. The van der Waals surface area contributed by atoms with Crippen molar-refractivity contribution in [2.75, 3.05) is 20.1 Å². The van der Waals surface area contributed by atoms with Crippen molar-refractivity contribution in [2.24, 2.45) is 5.92 Å². The van der Waals surface area contributed by atoms with Crippen molar-refractivity contribution in [3.63, 3.8) is 0 Å². The van der Waals surface area contributed by atoms with Crippen LogP contribution in [0.1, 0.15) is 26.7 Å². The van der Waals surface area contributed by atoms with Crippen LogP contribution in [0.4, 0.5) is 0 Å². The fourth-order valence-electron chi connectivity index (χ4n) is 2.18. The second-order valence-electron chi connectivity index (χ2n) is 5.01. The molecule has 0 amide bonds. The molecule has 12 heavy (non-hydrogen) atoms. The van der Waals surface area contributed by atoms with E-state index in [4.69, 9.17) is 0 Å². The van der Waals surface area contributed by atoms with E-state index in [0.717, 1.165) is 12.0 Å². The van der Waals surface area contributed by atoms with Gasteiger partial charge in [0, 0.05) is 24.7 Å². The number of hydrogen-bond acceptors (Lipinski definition) is 2. The predicted molar refractivity (Wildman–Crippen MR) is 51.2 cm³/mol. The number of nitrogens with zero attached hydrogens (tertiary/aromatic N) is 1. The summed E-state index contributed by atoms with van der Waals surface area (Å²) in [6, 6.07) is 0.738. The molecule has 2 unspecified atom stereocenters. The molecule has 0 aromatic carbocycles. The van der Waals surface area contributed by atoms with Gasteiger partial charge in [0.05, 0.1) is 0 Å². The summed E-state index contributed by atoms with van der Waals surface area (Å²) >= 11 is 0. The van der Waals surface area contributed by atoms with Crippen LogP contribution < -0.4 is 5.32 Å². The van der Waals surface area contributed by atoms with Gasteiger partial charge in [-0.05, 0) is 32.7 Å². The minimum Gasteiger partial charge on any atom is -0.307 e. The lowest BCUT2D eigenvalue weighted by Crippen LogP contribution is -2.42. The standard InChI is InChI=1S/C10H20N2/c1-8-6-12(3)7-9(8)11-10(2)4-5-10/h8-9,11H,4-7H2,1-3H3. The summed E-state index contributed by atoms with van der Waals surface area (Å²) in [7, 11) is 2.22. The predicted octanol–water partition coefficient (Wildman–Crippen LogP) is 1.08. The lowest BCUT2D eigenvalue weighted by molar-refractivity contribution is 0.377. The van der Waals surface area contributed by atoms with Crippen molar-refractivity contribution < 1.29 is 0 Å². The van der Waals surface area contributed by atoms with Crippen LogP contribution in [0.25, 0.3) is 0 Å². The fourth-order valence-corrected chi connectivity index (χ4v) is 2.18. The Morgan fingerprint density at radius 2 is 2.00 bits per heavy atom. The molecule has 1 saturated carbocycles. The number of rotatable bonds is 2. The molecule has 0 aromatic heterocycles. The smallest absolute Gasteiger partial charge is 0.0237 e. The van der Waals surface area contributed by atoms with Gasteiger partial charge in [-0.25, -0.2) is 0 Å². The average molecular weight is 168 g/mol. The maximum absolute atomic E-state index is 3.77. The van der Waals surface area contributed by atoms with Crippen molar-refractivity contribution in [1.82, 2.24) is 10.2 Å². The van der Waals surface area contributed by atoms with Crippen LogP contribution in [-0.4, -0.2) is 36.6 Å². The first-order chi connectivity index (χ1) is 5.59. The van der Waals surface area contributed by atoms with Crippen LogP contribution in [0, 0.1) is 5.92 Å². The largest absolute Gasteiger partial charge is 0.307 e. The Labute approximate surface area is 75.3 Å². The highest BCUT2D eigenvalue weighted by atomic mass is 15.2.